The van der Waals surface area contributed by atoms with E-state index in [-0.39, 0.29) is 35.3 Å². The predicted octanol–water partition coefficient (Wildman–Crippen LogP) is 1.21. The molecule has 1 heterocycles. The number of rotatable bonds is 9. The molecule has 1 aliphatic heterocycles. The van der Waals surface area contributed by atoms with E-state index in [1.165, 1.54) is 39.8 Å². The van der Waals surface area contributed by atoms with Gasteiger partial charge in [-0.05, 0) is 48.3 Å². The average Bonchev–Trinajstić information content (AvgIpc) is 3.17. The van der Waals surface area contributed by atoms with Crippen LogP contribution in [-0.2, 0) is 28.5 Å². The summed E-state index contributed by atoms with van der Waals surface area (Å²) in [4.78, 5) is 54.0. The Morgan fingerprint density at radius 1 is 0.877 bits per heavy atom. The smallest absolute Gasteiger partial charge is 0.338 e. The zero-order chi connectivity index (χ0) is 42.0. The Morgan fingerprint density at radius 2 is 1.46 bits per heavy atom. The number of ether oxygens (including phenoxy) is 4. The van der Waals surface area contributed by atoms with Gasteiger partial charge in [0.1, 0.15) is 30.0 Å². The van der Waals surface area contributed by atoms with Crippen LogP contribution < -0.4 is 5.32 Å². The number of carbonyl (C=O) groups excluding carboxylic acids is 4. The minimum absolute atomic E-state index is 0.00117. The Labute approximate surface area is 330 Å². The molecular weight excluding hydrogens is 742 g/mol. The maximum Gasteiger partial charge on any atom is 0.338 e. The molecule has 0 aromatic heterocycles. The van der Waals surface area contributed by atoms with Crippen LogP contribution >= 0.6 is 0 Å². The third-order valence-corrected chi connectivity index (χ3v) is 13.1. The van der Waals surface area contributed by atoms with E-state index in [0.29, 0.717) is 0 Å². The van der Waals surface area contributed by atoms with Gasteiger partial charge in [-0.3, -0.25) is 9.59 Å². The molecule has 1 amide bonds. The van der Waals surface area contributed by atoms with Crippen LogP contribution in [0, 0.1) is 22.7 Å². The molecule has 3 fully saturated rings. The first-order valence-electron chi connectivity index (χ1n) is 19.1. The highest BCUT2D eigenvalue weighted by atomic mass is 16.6. The van der Waals surface area contributed by atoms with Gasteiger partial charge in [-0.15, -0.1) is 0 Å². The maximum absolute atomic E-state index is 14.1. The molecule has 0 spiro atoms. The number of fused-ring (bicyclic) bond motifs is 5. The molecule has 15 heteroatoms. The van der Waals surface area contributed by atoms with Gasteiger partial charge in [0.05, 0.1) is 36.3 Å². The predicted molar refractivity (Wildman–Crippen MR) is 200 cm³/mol. The van der Waals surface area contributed by atoms with Crippen molar-refractivity contribution < 1.29 is 68.8 Å². The Morgan fingerprint density at radius 3 is 1.98 bits per heavy atom. The molecule has 6 rings (SSSR count). The molecule has 7 N–H and O–H groups in total. The van der Waals surface area contributed by atoms with Crippen molar-refractivity contribution in [1.82, 2.24) is 5.32 Å². The fourth-order valence-corrected chi connectivity index (χ4v) is 9.93. The van der Waals surface area contributed by atoms with E-state index < -0.39 is 113 Å². The topological polar surface area (TPSA) is 239 Å². The van der Waals surface area contributed by atoms with E-state index in [1.54, 1.807) is 62.4 Å². The van der Waals surface area contributed by atoms with Crippen LogP contribution in [0.1, 0.15) is 75.6 Å². The normalized spacial score (nSPS) is 36.5. The van der Waals surface area contributed by atoms with Gasteiger partial charge in [-0.1, -0.05) is 71.0 Å². The summed E-state index contributed by atoms with van der Waals surface area (Å²) in [7, 11) is 0. The first-order chi connectivity index (χ1) is 26.7. The van der Waals surface area contributed by atoms with E-state index >= 15 is 0 Å². The highest BCUT2D eigenvalue weighted by Gasteiger charge is 2.79. The van der Waals surface area contributed by atoms with E-state index in [4.69, 9.17) is 18.9 Å². The zero-order valence-electron chi connectivity index (χ0n) is 33.0. The second-order valence-corrected chi connectivity index (χ2v) is 16.9. The number of benzene rings is 2. The largest absolute Gasteiger partial charge is 0.455 e. The summed E-state index contributed by atoms with van der Waals surface area (Å²) in [6.07, 6.45) is -14.6. The Kier molecular flexibility index (Phi) is 11.3. The van der Waals surface area contributed by atoms with Crippen molar-refractivity contribution in [3.05, 3.63) is 82.9 Å². The molecule has 57 heavy (non-hydrogen) atoms. The first-order valence-corrected chi connectivity index (χ1v) is 19.1. The fraction of sp³-hybridized carbons (Fsp3) is 0.571. The quantitative estimate of drug-likeness (QED) is 0.107. The van der Waals surface area contributed by atoms with Crippen molar-refractivity contribution in [2.75, 3.05) is 6.61 Å². The van der Waals surface area contributed by atoms with Crippen LogP contribution in [0.3, 0.4) is 0 Å². The van der Waals surface area contributed by atoms with E-state index in [0.717, 1.165) is 6.92 Å². The lowest BCUT2D eigenvalue weighted by Gasteiger charge is -2.69. The van der Waals surface area contributed by atoms with E-state index in [1.807, 2.05) is 0 Å². The van der Waals surface area contributed by atoms with Crippen molar-refractivity contribution in [1.29, 1.82) is 0 Å². The van der Waals surface area contributed by atoms with Gasteiger partial charge in [0, 0.05) is 29.7 Å². The molecule has 2 unspecified atom stereocenters. The van der Waals surface area contributed by atoms with Gasteiger partial charge in [0.15, 0.2) is 17.8 Å². The summed E-state index contributed by atoms with van der Waals surface area (Å²) in [5.41, 5.74) is -8.09. The molecule has 15 nitrogen and oxygen atoms in total. The second kappa shape index (κ2) is 15.2. The Bertz CT molecular complexity index is 1900. The van der Waals surface area contributed by atoms with E-state index in [2.05, 4.69) is 5.32 Å². The van der Waals surface area contributed by atoms with Gasteiger partial charge in [-0.25, -0.2) is 9.59 Å². The molecule has 4 aliphatic rings. The molecular formula is C42H53NO14. The molecule has 3 aliphatic carbocycles. The van der Waals surface area contributed by atoms with Crippen molar-refractivity contribution in [2.24, 2.45) is 22.7 Å². The fourth-order valence-electron chi connectivity index (χ4n) is 9.93. The van der Waals surface area contributed by atoms with E-state index in [9.17, 15) is 49.8 Å². The molecule has 13 atom stereocenters. The summed E-state index contributed by atoms with van der Waals surface area (Å²) in [5.74, 6) is -5.76. The van der Waals surface area contributed by atoms with Gasteiger partial charge in [-0.2, -0.15) is 0 Å². The molecule has 2 saturated carbocycles. The van der Waals surface area contributed by atoms with Crippen molar-refractivity contribution in [2.45, 2.75) is 121 Å². The minimum Gasteiger partial charge on any atom is -0.455 e. The lowest BCUT2D eigenvalue weighted by molar-refractivity contribution is -0.370. The molecule has 1 saturated heterocycles. The Balaban J connectivity index is 1.50. The van der Waals surface area contributed by atoms with Crippen LogP contribution in [0.5, 0.6) is 0 Å². The summed E-state index contributed by atoms with van der Waals surface area (Å²) in [5, 5.41) is 76.5. The summed E-state index contributed by atoms with van der Waals surface area (Å²) in [6, 6.07) is 14.6. The number of esters is 3. The van der Waals surface area contributed by atoms with Crippen LogP contribution in [0.25, 0.3) is 0 Å². The third-order valence-electron chi connectivity index (χ3n) is 13.1. The standard InChI is InChI=1S/C42H53NO14/c1-20(2)28(43-36(50)23-14-10-8-11-15-23)30(47)38(52)55-31-21(3)27-29(46)33(48)40(7)25(45)18-26-41(19-54-26,57-22(4)44)32(40)35(42(53,34(31)49)39(27,5)6)56-37(51)24-16-12-9-13-17-24/h8-17,20,25-26,28-35,45-49,53H,18-19H2,1-7H3,(H,43,50)/t25-,26+,28-,29+,30+,31+,32?,33+,34-,35?,40+,41-,42+/m0/s1. The monoisotopic (exact) mass is 795 g/mol. The SMILES string of the molecule is CC(=O)O[C@@]12CO[C@@H]1C[C@H](O)[C@]1(C)C2C(OC(=O)c2ccccc2)[C@]2(O)[C@@H](O)[C@H](OC(=O)[C@H](O)[C@@H](NC(=O)c3ccccc3)C(C)C)C(C)=C([C@@H](O)[C@H]1O)C2(C)C. The van der Waals surface area contributed by atoms with Gasteiger partial charge >= 0.3 is 17.9 Å². The zero-order valence-corrected chi connectivity index (χ0v) is 33.0. The van der Waals surface area contributed by atoms with Gasteiger partial charge in [0.25, 0.3) is 5.91 Å². The van der Waals surface area contributed by atoms with Crippen molar-refractivity contribution in [3.8, 4) is 0 Å². The number of hydrogen-bond acceptors (Lipinski definition) is 14. The molecule has 2 aromatic carbocycles. The number of nitrogens with one attached hydrogen (secondary N) is 1. The summed E-state index contributed by atoms with van der Waals surface area (Å²) in [6.45, 7) is 9.87. The number of aliphatic hydroxyl groups is 6. The van der Waals surface area contributed by atoms with Gasteiger partial charge in [0.2, 0.25) is 0 Å². The van der Waals surface area contributed by atoms with Crippen LogP contribution in [-0.4, -0.2) is 127 Å². The molecule has 0 radical (unpaired) electrons. The van der Waals surface area contributed by atoms with Crippen molar-refractivity contribution in [3.63, 3.8) is 0 Å². The van der Waals surface area contributed by atoms with Crippen LogP contribution in [0.4, 0.5) is 0 Å². The number of carbonyl (C=O) groups is 4. The van der Waals surface area contributed by atoms with Crippen molar-refractivity contribution >= 4 is 23.8 Å². The molecule has 2 aromatic rings. The third kappa shape index (κ3) is 6.57. The van der Waals surface area contributed by atoms with Gasteiger partial charge < -0.3 is 54.9 Å². The Hall–Kier alpha value is -4.22. The lowest BCUT2D eigenvalue weighted by Crippen LogP contribution is -2.84. The van der Waals surface area contributed by atoms with Crippen LogP contribution in [0.2, 0.25) is 0 Å². The highest BCUT2D eigenvalue weighted by Crippen LogP contribution is 2.65. The van der Waals surface area contributed by atoms with Crippen LogP contribution in [0.15, 0.2) is 71.8 Å². The highest BCUT2D eigenvalue weighted by molar-refractivity contribution is 5.94. The molecule has 2 bridgehead atoms. The lowest BCUT2D eigenvalue weighted by atomic mass is 9.44. The number of aliphatic hydroxyl groups excluding tert-OH is 5. The first kappa shape index (κ1) is 42.4. The summed E-state index contributed by atoms with van der Waals surface area (Å²) < 4.78 is 23.9. The number of hydrogen-bond donors (Lipinski definition) is 7. The second-order valence-electron chi connectivity index (χ2n) is 16.9. The molecule has 310 valence electrons. The minimum atomic E-state index is -2.77. The summed E-state index contributed by atoms with van der Waals surface area (Å²) >= 11 is 0. The average molecular weight is 796 g/mol. The maximum atomic E-state index is 14.1. The number of amides is 1.